The number of nitrogens with zero attached hydrogens (tertiary/aromatic N) is 1. The highest BCUT2D eigenvalue weighted by Crippen LogP contribution is 2.28. The van der Waals surface area contributed by atoms with E-state index in [1.54, 1.807) is 12.4 Å². The first-order valence-electron chi connectivity index (χ1n) is 7.08. The molecule has 1 amide bonds. The van der Waals surface area contributed by atoms with Crippen molar-refractivity contribution in [3.05, 3.63) is 30.1 Å². The highest BCUT2D eigenvalue weighted by atomic mass is 16.5. The molecule has 0 aromatic carbocycles. The van der Waals surface area contributed by atoms with Crippen LogP contribution in [0, 0.1) is 5.92 Å². The normalized spacial score (nSPS) is 14.3. The Labute approximate surface area is 114 Å². The van der Waals surface area contributed by atoms with Crippen LogP contribution in [0.25, 0.3) is 0 Å². The van der Waals surface area contributed by atoms with Gasteiger partial charge in [-0.2, -0.15) is 0 Å². The number of carbonyl (C=O) groups is 1. The average Bonchev–Trinajstić information content (AvgIpc) is 3.26. The van der Waals surface area contributed by atoms with E-state index in [2.05, 4.69) is 10.3 Å². The fourth-order valence-corrected chi connectivity index (χ4v) is 1.83. The standard InChI is InChI=1S/C15H22N2O2/c18-15(7-6-13-3-1-8-16-11-13)17-9-2-10-19-12-14-4-5-14/h1,3,8,11,14H,2,4-7,9-10,12H2,(H,17,18). The first-order chi connectivity index (χ1) is 9.34. The summed E-state index contributed by atoms with van der Waals surface area (Å²) in [6, 6.07) is 3.89. The lowest BCUT2D eigenvalue weighted by Crippen LogP contribution is -2.25. The lowest BCUT2D eigenvalue weighted by atomic mass is 10.1. The molecule has 0 unspecified atom stereocenters. The van der Waals surface area contributed by atoms with Crippen molar-refractivity contribution < 1.29 is 9.53 Å². The van der Waals surface area contributed by atoms with Crippen LogP contribution in [-0.2, 0) is 16.0 Å². The van der Waals surface area contributed by atoms with Crippen molar-refractivity contribution in [2.75, 3.05) is 19.8 Å². The number of rotatable bonds is 9. The molecule has 4 heteroatoms. The molecule has 0 bridgehead atoms. The average molecular weight is 262 g/mol. The molecule has 2 rings (SSSR count). The number of hydrogen-bond acceptors (Lipinski definition) is 3. The molecule has 0 aliphatic heterocycles. The third kappa shape index (κ3) is 6.34. The lowest BCUT2D eigenvalue weighted by Gasteiger charge is -2.06. The summed E-state index contributed by atoms with van der Waals surface area (Å²) in [7, 11) is 0. The Bertz CT molecular complexity index is 377. The molecule has 4 nitrogen and oxygen atoms in total. The van der Waals surface area contributed by atoms with E-state index in [0.717, 1.165) is 37.5 Å². The Morgan fingerprint density at radius 3 is 3.11 bits per heavy atom. The molecule has 1 saturated carbocycles. The monoisotopic (exact) mass is 262 g/mol. The van der Waals surface area contributed by atoms with Crippen LogP contribution in [0.3, 0.4) is 0 Å². The molecule has 1 aromatic heterocycles. The predicted molar refractivity (Wildman–Crippen MR) is 73.7 cm³/mol. The third-order valence-corrected chi connectivity index (χ3v) is 3.20. The summed E-state index contributed by atoms with van der Waals surface area (Å²) in [6.45, 7) is 2.35. The summed E-state index contributed by atoms with van der Waals surface area (Å²) in [5.74, 6) is 0.917. The summed E-state index contributed by atoms with van der Waals surface area (Å²) in [6.07, 6.45) is 8.36. The maximum Gasteiger partial charge on any atom is 0.220 e. The summed E-state index contributed by atoms with van der Waals surface area (Å²) < 4.78 is 5.51. The van der Waals surface area contributed by atoms with Gasteiger partial charge < -0.3 is 10.1 Å². The van der Waals surface area contributed by atoms with Gasteiger partial charge in [-0.3, -0.25) is 9.78 Å². The van der Waals surface area contributed by atoms with Crippen molar-refractivity contribution >= 4 is 5.91 Å². The SMILES string of the molecule is O=C(CCc1cccnc1)NCCCOCC1CC1. The van der Waals surface area contributed by atoms with Crippen LogP contribution in [0.2, 0.25) is 0 Å². The first kappa shape index (κ1) is 14.0. The Morgan fingerprint density at radius 2 is 2.37 bits per heavy atom. The van der Waals surface area contributed by atoms with Gasteiger partial charge in [0.25, 0.3) is 0 Å². The fourth-order valence-electron chi connectivity index (χ4n) is 1.83. The molecular formula is C15H22N2O2. The fraction of sp³-hybridized carbons (Fsp3) is 0.600. The van der Waals surface area contributed by atoms with Gasteiger partial charge in [0, 0.05) is 38.6 Å². The molecule has 0 saturated heterocycles. The van der Waals surface area contributed by atoms with Gasteiger partial charge in [-0.15, -0.1) is 0 Å². The van der Waals surface area contributed by atoms with Gasteiger partial charge in [0.1, 0.15) is 0 Å². The zero-order chi connectivity index (χ0) is 13.3. The summed E-state index contributed by atoms with van der Waals surface area (Å²) in [5.41, 5.74) is 1.10. The van der Waals surface area contributed by atoms with Crippen molar-refractivity contribution in [2.24, 2.45) is 5.92 Å². The van der Waals surface area contributed by atoms with Crippen molar-refractivity contribution in [3.8, 4) is 0 Å². The number of nitrogens with one attached hydrogen (secondary N) is 1. The van der Waals surface area contributed by atoms with Gasteiger partial charge in [-0.1, -0.05) is 6.07 Å². The van der Waals surface area contributed by atoms with Gasteiger partial charge in [0.2, 0.25) is 5.91 Å². The third-order valence-electron chi connectivity index (χ3n) is 3.20. The predicted octanol–water partition coefficient (Wildman–Crippen LogP) is 1.95. The van der Waals surface area contributed by atoms with Gasteiger partial charge in [-0.25, -0.2) is 0 Å². The van der Waals surface area contributed by atoms with E-state index in [4.69, 9.17) is 4.74 Å². The Balaban J connectivity index is 1.45. The zero-order valence-corrected chi connectivity index (χ0v) is 11.3. The zero-order valence-electron chi connectivity index (χ0n) is 11.3. The van der Waals surface area contributed by atoms with Crippen molar-refractivity contribution in [3.63, 3.8) is 0 Å². The molecule has 1 heterocycles. The summed E-state index contributed by atoms with van der Waals surface area (Å²) in [5, 5.41) is 2.92. The minimum absolute atomic E-state index is 0.103. The quantitative estimate of drug-likeness (QED) is 0.692. The molecular weight excluding hydrogens is 240 g/mol. The maximum atomic E-state index is 11.6. The van der Waals surface area contributed by atoms with Crippen molar-refractivity contribution in [1.29, 1.82) is 0 Å². The smallest absolute Gasteiger partial charge is 0.220 e. The molecule has 1 aliphatic carbocycles. The Kier molecular flexibility index (Phi) is 5.82. The van der Waals surface area contributed by atoms with Crippen LogP contribution in [0.4, 0.5) is 0 Å². The highest BCUT2D eigenvalue weighted by Gasteiger charge is 2.20. The highest BCUT2D eigenvalue weighted by molar-refractivity contribution is 5.76. The number of ether oxygens (including phenoxy) is 1. The van der Waals surface area contributed by atoms with E-state index in [1.165, 1.54) is 12.8 Å². The maximum absolute atomic E-state index is 11.6. The lowest BCUT2D eigenvalue weighted by molar-refractivity contribution is -0.121. The summed E-state index contributed by atoms with van der Waals surface area (Å²) >= 11 is 0. The van der Waals surface area contributed by atoms with E-state index in [9.17, 15) is 4.79 Å². The van der Waals surface area contributed by atoms with Gasteiger partial charge in [0.05, 0.1) is 0 Å². The molecule has 19 heavy (non-hydrogen) atoms. The Hall–Kier alpha value is -1.42. The van der Waals surface area contributed by atoms with Crippen LogP contribution >= 0.6 is 0 Å². The first-order valence-corrected chi connectivity index (χ1v) is 7.08. The number of amides is 1. The van der Waals surface area contributed by atoms with Gasteiger partial charge >= 0.3 is 0 Å². The number of carbonyl (C=O) groups excluding carboxylic acids is 1. The molecule has 0 atom stereocenters. The van der Waals surface area contributed by atoms with Crippen molar-refractivity contribution in [1.82, 2.24) is 10.3 Å². The van der Waals surface area contributed by atoms with Crippen LogP contribution in [0.5, 0.6) is 0 Å². The molecule has 1 fully saturated rings. The van der Waals surface area contributed by atoms with E-state index >= 15 is 0 Å². The topological polar surface area (TPSA) is 51.2 Å². The van der Waals surface area contributed by atoms with Gasteiger partial charge in [0.15, 0.2) is 0 Å². The second-order valence-electron chi connectivity index (χ2n) is 5.08. The molecule has 1 aromatic rings. The number of aromatic nitrogens is 1. The van der Waals surface area contributed by atoms with E-state index in [1.807, 2.05) is 12.1 Å². The van der Waals surface area contributed by atoms with Crippen molar-refractivity contribution in [2.45, 2.75) is 32.1 Å². The number of pyridine rings is 1. The van der Waals surface area contributed by atoms with Gasteiger partial charge in [-0.05, 0) is 43.2 Å². The molecule has 0 radical (unpaired) electrons. The minimum Gasteiger partial charge on any atom is -0.381 e. The van der Waals surface area contributed by atoms with Crippen LogP contribution in [0.15, 0.2) is 24.5 Å². The largest absolute Gasteiger partial charge is 0.381 e. The van der Waals surface area contributed by atoms with E-state index < -0.39 is 0 Å². The molecule has 1 aliphatic rings. The van der Waals surface area contributed by atoms with E-state index in [-0.39, 0.29) is 5.91 Å². The number of hydrogen-bond donors (Lipinski definition) is 1. The number of aryl methyl sites for hydroxylation is 1. The molecule has 1 N–H and O–H groups in total. The van der Waals surface area contributed by atoms with Crippen LogP contribution < -0.4 is 5.32 Å². The second-order valence-corrected chi connectivity index (χ2v) is 5.08. The summed E-state index contributed by atoms with van der Waals surface area (Å²) in [4.78, 5) is 15.6. The second kappa shape index (κ2) is 7.89. The Morgan fingerprint density at radius 1 is 1.47 bits per heavy atom. The van der Waals surface area contributed by atoms with Crippen LogP contribution in [-0.4, -0.2) is 30.6 Å². The minimum atomic E-state index is 0.103. The molecule has 0 spiro atoms. The molecule has 104 valence electrons. The van der Waals surface area contributed by atoms with Crippen LogP contribution in [0.1, 0.15) is 31.2 Å². The van der Waals surface area contributed by atoms with E-state index in [0.29, 0.717) is 13.0 Å².